The SMILES string of the molecule is C=Nn1cc([C@@H](NC(=O)c2cnnn2CC2CC2)C2CCC(F)(F)CC2)nc1/C=C(\C)[C@H](NC(=O)CCC(F)(F)F)C1CC1. The normalized spacial score (nSPS) is 20.6. The van der Waals surface area contributed by atoms with Gasteiger partial charge in [0.25, 0.3) is 5.91 Å². The minimum atomic E-state index is -4.43. The van der Waals surface area contributed by atoms with E-state index >= 15 is 0 Å². The molecule has 0 spiro atoms. The Labute approximate surface area is 251 Å². The van der Waals surface area contributed by atoms with Crippen molar-refractivity contribution in [3.8, 4) is 0 Å². The van der Waals surface area contributed by atoms with Gasteiger partial charge in [-0.25, -0.2) is 23.1 Å². The third kappa shape index (κ3) is 8.29. The minimum absolute atomic E-state index is 0.0886. The van der Waals surface area contributed by atoms with Gasteiger partial charge >= 0.3 is 6.18 Å². The number of amides is 2. The van der Waals surface area contributed by atoms with Crippen LogP contribution in [0.1, 0.15) is 99.2 Å². The smallest absolute Gasteiger partial charge is 0.349 e. The van der Waals surface area contributed by atoms with Crippen LogP contribution in [0, 0.1) is 17.8 Å². The van der Waals surface area contributed by atoms with E-state index in [1.807, 2.05) is 0 Å². The van der Waals surface area contributed by atoms with Crippen molar-refractivity contribution in [1.29, 1.82) is 0 Å². The Hall–Kier alpha value is -3.65. The van der Waals surface area contributed by atoms with E-state index in [2.05, 4.69) is 32.8 Å². The molecule has 2 aromatic rings. The Morgan fingerprint density at radius 1 is 1.14 bits per heavy atom. The lowest BCUT2D eigenvalue weighted by Gasteiger charge is -2.33. The van der Waals surface area contributed by atoms with Crippen LogP contribution >= 0.6 is 0 Å². The molecule has 3 aliphatic carbocycles. The predicted molar refractivity (Wildman–Crippen MR) is 151 cm³/mol. The Bertz CT molecular complexity index is 1380. The van der Waals surface area contributed by atoms with E-state index in [4.69, 9.17) is 4.98 Å². The van der Waals surface area contributed by atoms with E-state index < -0.39 is 48.8 Å². The molecular formula is C29H37F5N8O2. The van der Waals surface area contributed by atoms with E-state index in [-0.39, 0.29) is 43.2 Å². The molecule has 0 aliphatic heterocycles. The number of carbonyl (C=O) groups is 2. The molecule has 5 rings (SSSR count). The second-order valence-corrected chi connectivity index (χ2v) is 12.3. The molecule has 2 atom stereocenters. The van der Waals surface area contributed by atoms with Crippen molar-refractivity contribution in [3.05, 3.63) is 35.2 Å². The van der Waals surface area contributed by atoms with Crippen molar-refractivity contribution in [1.82, 2.24) is 35.3 Å². The van der Waals surface area contributed by atoms with E-state index in [0.29, 0.717) is 29.6 Å². The van der Waals surface area contributed by atoms with Gasteiger partial charge in [0.2, 0.25) is 11.8 Å². The number of aromatic nitrogens is 5. The number of nitrogens with one attached hydrogen (secondary N) is 2. The second-order valence-electron chi connectivity index (χ2n) is 12.3. The first-order valence-electron chi connectivity index (χ1n) is 15.0. The second kappa shape index (κ2) is 12.8. The van der Waals surface area contributed by atoms with Gasteiger partial charge in [-0.1, -0.05) is 5.21 Å². The highest BCUT2D eigenvalue weighted by atomic mass is 19.4. The zero-order valence-electron chi connectivity index (χ0n) is 24.5. The van der Waals surface area contributed by atoms with Crippen molar-refractivity contribution in [2.24, 2.45) is 22.9 Å². The highest BCUT2D eigenvalue weighted by Gasteiger charge is 2.40. The fourth-order valence-electron chi connectivity index (χ4n) is 5.75. The number of halogens is 5. The molecule has 3 aliphatic rings. The zero-order valence-corrected chi connectivity index (χ0v) is 24.5. The van der Waals surface area contributed by atoms with E-state index in [1.54, 1.807) is 23.9 Å². The van der Waals surface area contributed by atoms with E-state index in [9.17, 15) is 31.5 Å². The summed E-state index contributed by atoms with van der Waals surface area (Å²) in [7, 11) is 0. The van der Waals surface area contributed by atoms with Crippen LogP contribution in [0.15, 0.2) is 23.1 Å². The van der Waals surface area contributed by atoms with Gasteiger partial charge in [0, 0.05) is 32.5 Å². The summed E-state index contributed by atoms with van der Waals surface area (Å²) in [6, 6.07) is -1.20. The van der Waals surface area contributed by atoms with Gasteiger partial charge in [-0.15, -0.1) is 5.10 Å². The highest BCUT2D eigenvalue weighted by Crippen LogP contribution is 2.42. The summed E-state index contributed by atoms with van der Waals surface area (Å²) in [6.07, 6.45) is 1.81. The van der Waals surface area contributed by atoms with Crippen LogP contribution in [0.5, 0.6) is 0 Å². The van der Waals surface area contributed by atoms with E-state index in [1.165, 1.54) is 10.9 Å². The Morgan fingerprint density at radius 3 is 2.45 bits per heavy atom. The van der Waals surface area contributed by atoms with Crippen molar-refractivity contribution >= 4 is 24.6 Å². The third-order valence-electron chi connectivity index (χ3n) is 8.59. The molecule has 2 aromatic heterocycles. The molecule has 0 radical (unpaired) electrons. The summed E-state index contributed by atoms with van der Waals surface area (Å²) in [5.74, 6) is -3.38. The number of alkyl halides is 5. The molecule has 2 heterocycles. The van der Waals surface area contributed by atoms with Gasteiger partial charge < -0.3 is 10.6 Å². The largest absolute Gasteiger partial charge is 0.389 e. The fraction of sp³-hybridized carbons (Fsp3) is 0.655. The Balaban J connectivity index is 1.38. The van der Waals surface area contributed by atoms with Crippen molar-refractivity contribution in [2.75, 3.05) is 0 Å². The molecule has 10 nitrogen and oxygen atoms in total. The van der Waals surface area contributed by atoms with Crippen LogP contribution in [0.2, 0.25) is 0 Å². The number of hydrogen-bond donors (Lipinski definition) is 2. The number of imidazole rings is 1. The van der Waals surface area contributed by atoms with Gasteiger partial charge in [0.1, 0.15) is 5.69 Å². The maximum Gasteiger partial charge on any atom is 0.389 e. The standard InChI is InChI=1S/C29H37F5N8O2/c1-17(25(19-5-6-19)38-24(43)9-12-29(32,33)34)13-23-37-21(16-42(23)35-2)26(20-7-10-28(30,31)11-8-20)39-27(44)22-14-36-40-41(22)15-18-3-4-18/h13-14,16,18-20,25-26H,2-12,15H2,1H3,(H,38,43)(H,39,44)/b17-13+/t25-,26-/m0/s1. The summed E-state index contributed by atoms with van der Waals surface area (Å²) in [5, 5.41) is 17.7. The molecular weight excluding hydrogens is 587 g/mol. The van der Waals surface area contributed by atoms with Gasteiger partial charge in [-0.2, -0.15) is 18.3 Å². The van der Waals surface area contributed by atoms with Crippen LogP contribution < -0.4 is 10.6 Å². The molecule has 0 unspecified atom stereocenters. The van der Waals surface area contributed by atoms with Crippen LogP contribution in [0.4, 0.5) is 22.0 Å². The summed E-state index contributed by atoms with van der Waals surface area (Å²) in [6.45, 7) is 5.92. The Morgan fingerprint density at radius 2 is 1.84 bits per heavy atom. The topological polar surface area (TPSA) is 119 Å². The van der Waals surface area contributed by atoms with Gasteiger partial charge in [0.05, 0.1) is 36.6 Å². The quantitative estimate of drug-likeness (QED) is 0.232. The number of hydrogen-bond acceptors (Lipinski definition) is 6. The molecule has 240 valence electrons. The first-order chi connectivity index (χ1) is 20.8. The lowest BCUT2D eigenvalue weighted by atomic mass is 9.81. The fourth-order valence-corrected chi connectivity index (χ4v) is 5.75. The number of carbonyl (C=O) groups excluding carboxylic acids is 2. The molecule has 15 heteroatoms. The Kier molecular flexibility index (Phi) is 9.21. The summed E-state index contributed by atoms with van der Waals surface area (Å²) in [5.41, 5.74) is 1.34. The third-order valence-corrected chi connectivity index (χ3v) is 8.59. The van der Waals surface area contributed by atoms with Crippen molar-refractivity contribution in [3.63, 3.8) is 0 Å². The molecule has 3 saturated carbocycles. The first-order valence-corrected chi connectivity index (χ1v) is 15.0. The van der Waals surface area contributed by atoms with Crippen LogP contribution in [0.25, 0.3) is 6.08 Å². The predicted octanol–water partition coefficient (Wildman–Crippen LogP) is 5.29. The summed E-state index contributed by atoms with van der Waals surface area (Å²) < 4.78 is 69.0. The number of nitrogens with zero attached hydrogens (tertiary/aromatic N) is 6. The average Bonchev–Trinajstić information content (AvgIpc) is 3.88. The van der Waals surface area contributed by atoms with Crippen molar-refractivity contribution in [2.45, 2.75) is 102 Å². The molecule has 0 aromatic carbocycles. The molecule has 2 N–H and O–H groups in total. The van der Waals surface area contributed by atoms with E-state index in [0.717, 1.165) is 25.7 Å². The van der Waals surface area contributed by atoms with Crippen LogP contribution in [-0.4, -0.2) is 61.3 Å². The highest BCUT2D eigenvalue weighted by molar-refractivity contribution is 5.92. The van der Waals surface area contributed by atoms with Crippen LogP contribution in [0.3, 0.4) is 0 Å². The number of rotatable bonds is 13. The summed E-state index contributed by atoms with van der Waals surface area (Å²) >= 11 is 0. The van der Waals surface area contributed by atoms with Gasteiger partial charge in [-0.3, -0.25) is 9.59 Å². The molecule has 0 bridgehead atoms. The average molecular weight is 625 g/mol. The summed E-state index contributed by atoms with van der Waals surface area (Å²) in [4.78, 5) is 30.5. The van der Waals surface area contributed by atoms with Crippen LogP contribution in [-0.2, 0) is 11.3 Å². The van der Waals surface area contributed by atoms with Gasteiger partial charge in [0.15, 0.2) is 5.82 Å². The maximum atomic E-state index is 14.1. The monoisotopic (exact) mass is 624 g/mol. The first kappa shape index (κ1) is 31.8. The maximum absolute atomic E-state index is 14.1. The molecule has 3 fully saturated rings. The van der Waals surface area contributed by atoms with Crippen molar-refractivity contribution < 1.29 is 31.5 Å². The molecule has 0 saturated heterocycles. The zero-order chi connectivity index (χ0) is 31.6. The lowest BCUT2D eigenvalue weighted by Crippen LogP contribution is -2.38. The molecule has 44 heavy (non-hydrogen) atoms. The lowest BCUT2D eigenvalue weighted by molar-refractivity contribution is -0.144. The molecule has 2 amide bonds. The van der Waals surface area contributed by atoms with Gasteiger partial charge in [-0.05, 0) is 74.9 Å². The minimum Gasteiger partial charge on any atom is -0.349 e.